The summed E-state index contributed by atoms with van der Waals surface area (Å²) in [6, 6.07) is 0.278. The Labute approximate surface area is 63.6 Å². The standard InChI is InChI=1S/C9H17N/c1-4-5-8(2)6-7-9(3)10/h4-6,9H,7,10H2,1-3H3/b5-4-,8-6-. The molecular weight excluding hydrogens is 122 g/mol. The lowest BCUT2D eigenvalue weighted by Crippen LogP contribution is -2.12. The van der Waals surface area contributed by atoms with Gasteiger partial charge in [0.2, 0.25) is 0 Å². The lowest BCUT2D eigenvalue weighted by Gasteiger charge is -1.98. The van der Waals surface area contributed by atoms with Crippen LogP contribution >= 0.6 is 0 Å². The van der Waals surface area contributed by atoms with Crippen molar-refractivity contribution in [2.45, 2.75) is 33.2 Å². The number of hydrogen-bond donors (Lipinski definition) is 1. The van der Waals surface area contributed by atoms with E-state index in [-0.39, 0.29) is 6.04 Å². The third-order valence-corrected chi connectivity index (χ3v) is 1.24. The fourth-order valence-corrected chi connectivity index (χ4v) is 0.703. The van der Waals surface area contributed by atoms with Crippen molar-refractivity contribution in [2.24, 2.45) is 5.73 Å². The van der Waals surface area contributed by atoms with Gasteiger partial charge in [-0.3, -0.25) is 0 Å². The maximum Gasteiger partial charge on any atom is 0.00452 e. The van der Waals surface area contributed by atoms with Crippen molar-refractivity contribution in [3.63, 3.8) is 0 Å². The van der Waals surface area contributed by atoms with Crippen LogP contribution in [-0.2, 0) is 0 Å². The minimum absolute atomic E-state index is 0.278. The van der Waals surface area contributed by atoms with Crippen LogP contribution in [0.3, 0.4) is 0 Å². The van der Waals surface area contributed by atoms with Crippen molar-refractivity contribution < 1.29 is 0 Å². The monoisotopic (exact) mass is 139 g/mol. The van der Waals surface area contributed by atoms with E-state index in [4.69, 9.17) is 5.73 Å². The molecule has 58 valence electrons. The molecule has 0 bridgehead atoms. The Hall–Kier alpha value is -0.560. The van der Waals surface area contributed by atoms with Crippen LogP contribution in [0.25, 0.3) is 0 Å². The van der Waals surface area contributed by atoms with Gasteiger partial charge in [-0.15, -0.1) is 0 Å². The maximum absolute atomic E-state index is 5.57. The molecule has 1 unspecified atom stereocenters. The van der Waals surface area contributed by atoms with E-state index in [1.165, 1.54) is 5.57 Å². The van der Waals surface area contributed by atoms with Gasteiger partial charge in [0.05, 0.1) is 0 Å². The zero-order valence-corrected chi connectivity index (χ0v) is 7.09. The van der Waals surface area contributed by atoms with E-state index in [2.05, 4.69) is 19.1 Å². The molecular formula is C9H17N. The zero-order chi connectivity index (χ0) is 7.98. The van der Waals surface area contributed by atoms with Crippen LogP contribution in [0.4, 0.5) is 0 Å². The SMILES string of the molecule is C/C=C\C(C)=C/CC(C)N. The molecule has 0 aromatic heterocycles. The van der Waals surface area contributed by atoms with Crippen LogP contribution in [0.5, 0.6) is 0 Å². The Bertz CT molecular complexity index is 132. The molecule has 0 aromatic rings. The molecule has 1 nitrogen and oxygen atoms in total. The summed E-state index contributed by atoms with van der Waals surface area (Å²) < 4.78 is 0. The van der Waals surface area contributed by atoms with Crippen molar-refractivity contribution in [1.82, 2.24) is 0 Å². The molecule has 0 heterocycles. The number of hydrogen-bond acceptors (Lipinski definition) is 1. The highest BCUT2D eigenvalue weighted by Crippen LogP contribution is 1.98. The lowest BCUT2D eigenvalue weighted by atomic mass is 10.2. The average molecular weight is 139 g/mol. The Morgan fingerprint density at radius 2 is 2.20 bits per heavy atom. The quantitative estimate of drug-likeness (QED) is 0.596. The minimum atomic E-state index is 0.278. The van der Waals surface area contributed by atoms with Gasteiger partial charge in [0.15, 0.2) is 0 Å². The Balaban J connectivity index is 3.68. The van der Waals surface area contributed by atoms with Gasteiger partial charge >= 0.3 is 0 Å². The van der Waals surface area contributed by atoms with Gasteiger partial charge in [-0.05, 0) is 27.2 Å². The van der Waals surface area contributed by atoms with Gasteiger partial charge in [-0.2, -0.15) is 0 Å². The second-order valence-electron chi connectivity index (χ2n) is 2.66. The van der Waals surface area contributed by atoms with Crippen molar-refractivity contribution >= 4 is 0 Å². The summed E-state index contributed by atoms with van der Waals surface area (Å²) in [5, 5.41) is 0. The second kappa shape index (κ2) is 5.24. The highest BCUT2D eigenvalue weighted by Gasteiger charge is 1.88. The molecule has 2 N–H and O–H groups in total. The normalized spacial score (nSPS) is 16.2. The molecule has 0 saturated carbocycles. The molecule has 0 aliphatic heterocycles. The van der Waals surface area contributed by atoms with E-state index in [9.17, 15) is 0 Å². The first-order valence-electron chi connectivity index (χ1n) is 3.72. The van der Waals surface area contributed by atoms with Gasteiger partial charge in [-0.25, -0.2) is 0 Å². The van der Waals surface area contributed by atoms with Gasteiger partial charge in [0.25, 0.3) is 0 Å². The van der Waals surface area contributed by atoms with E-state index >= 15 is 0 Å². The van der Waals surface area contributed by atoms with Crippen LogP contribution in [0.15, 0.2) is 23.8 Å². The smallest absolute Gasteiger partial charge is 0.00452 e. The van der Waals surface area contributed by atoms with Crippen LogP contribution < -0.4 is 5.73 Å². The maximum atomic E-state index is 5.57. The summed E-state index contributed by atoms with van der Waals surface area (Å²) >= 11 is 0. The summed E-state index contributed by atoms with van der Waals surface area (Å²) in [6.07, 6.45) is 7.25. The van der Waals surface area contributed by atoms with Crippen molar-refractivity contribution in [2.75, 3.05) is 0 Å². The van der Waals surface area contributed by atoms with Crippen LogP contribution in [0.2, 0.25) is 0 Å². The molecule has 0 saturated heterocycles. The summed E-state index contributed by atoms with van der Waals surface area (Å²) in [6.45, 7) is 6.12. The molecule has 0 rings (SSSR count). The molecule has 0 spiro atoms. The van der Waals surface area contributed by atoms with E-state index in [1.54, 1.807) is 0 Å². The zero-order valence-electron chi connectivity index (χ0n) is 7.09. The Kier molecular flexibility index (Phi) is 4.95. The third kappa shape index (κ3) is 5.57. The Morgan fingerprint density at radius 1 is 1.60 bits per heavy atom. The number of allylic oxidation sites excluding steroid dienone is 3. The molecule has 0 radical (unpaired) electrons. The fourth-order valence-electron chi connectivity index (χ4n) is 0.703. The van der Waals surface area contributed by atoms with E-state index in [1.807, 2.05) is 19.9 Å². The van der Waals surface area contributed by atoms with Gasteiger partial charge < -0.3 is 5.73 Å². The van der Waals surface area contributed by atoms with Crippen LogP contribution in [-0.4, -0.2) is 6.04 Å². The number of rotatable bonds is 3. The van der Waals surface area contributed by atoms with E-state index < -0.39 is 0 Å². The molecule has 0 aromatic carbocycles. The second-order valence-corrected chi connectivity index (χ2v) is 2.66. The van der Waals surface area contributed by atoms with Crippen molar-refractivity contribution in [3.05, 3.63) is 23.8 Å². The molecule has 0 aliphatic rings. The van der Waals surface area contributed by atoms with Crippen molar-refractivity contribution in [1.29, 1.82) is 0 Å². The summed E-state index contributed by atoms with van der Waals surface area (Å²) in [5.41, 5.74) is 6.86. The van der Waals surface area contributed by atoms with Crippen LogP contribution in [0, 0.1) is 0 Å². The molecule has 1 atom stereocenters. The average Bonchev–Trinajstić information content (AvgIpc) is 1.85. The first-order valence-corrected chi connectivity index (χ1v) is 3.72. The highest BCUT2D eigenvalue weighted by atomic mass is 14.6. The van der Waals surface area contributed by atoms with E-state index in [0.717, 1.165) is 6.42 Å². The van der Waals surface area contributed by atoms with Gasteiger partial charge in [0, 0.05) is 6.04 Å². The van der Waals surface area contributed by atoms with Crippen molar-refractivity contribution in [3.8, 4) is 0 Å². The van der Waals surface area contributed by atoms with Gasteiger partial charge in [0.1, 0.15) is 0 Å². The molecule has 1 heteroatoms. The first-order chi connectivity index (χ1) is 4.66. The highest BCUT2D eigenvalue weighted by molar-refractivity contribution is 5.15. The van der Waals surface area contributed by atoms with Gasteiger partial charge in [-0.1, -0.05) is 23.8 Å². The molecule has 0 fully saturated rings. The fraction of sp³-hybridized carbons (Fsp3) is 0.556. The minimum Gasteiger partial charge on any atom is -0.328 e. The topological polar surface area (TPSA) is 26.0 Å². The first kappa shape index (κ1) is 9.44. The molecule has 10 heavy (non-hydrogen) atoms. The predicted molar refractivity (Wildman–Crippen MR) is 46.8 cm³/mol. The predicted octanol–water partition coefficient (Wildman–Crippen LogP) is 2.25. The molecule has 0 amide bonds. The summed E-state index contributed by atoms with van der Waals surface area (Å²) in [5.74, 6) is 0. The summed E-state index contributed by atoms with van der Waals surface area (Å²) in [7, 11) is 0. The molecule has 0 aliphatic carbocycles. The third-order valence-electron chi connectivity index (χ3n) is 1.24. The Morgan fingerprint density at radius 3 is 2.60 bits per heavy atom. The summed E-state index contributed by atoms with van der Waals surface area (Å²) in [4.78, 5) is 0. The number of nitrogens with two attached hydrogens (primary N) is 1. The van der Waals surface area contributed by atoms with E-state index in [0.29, 0.717) is 0 Å². The largest absolute Gasteiger partial charge is 0.328 e. The lowest BCUT2D eigenvalue weighted by molar-refractivity contribution is 0.755. The van der Waals surface area contributed by atoms with Crippen LogP contribution in [0.1, 0.15) is 27.2 Å².